The monoisotopic (exact) mass is 382 g/mol. The Morgan fingerprint density at radius 2 is 1.48 bits per heavy atom. The maximum atomic E-state index is 11.8. The molecule has 0 atom stereocenters. The van der Waals surface area contributed by atoms with E-state index in [2.05, 4.69) is 79.5 Å². The van der Waals surface area contributed by atoms with E-state index in [-0.39, 0.29) is 17.4 Å². The molecule has 1 N–H and O–H groups in total. The fourth-order valence-corrected chi connectivity index (χ4v) is 7.75. The number of nitrogens with zero attached hydrogens (tertiary/aromatic N) is 1. The van der Waals surface area contributed by atoms with Crippen molar-refractivity contribution in [3.05, 3.63) is 60.7 Å². The molecule has 0 amide bonds. The largest absolute Gasteiger partial charge is 0.466 e. The Labute approximate surface area is 163 Å². The van der Waals surface area contributed by atoms with Gasteiger partial charge in [0.25, 0.3) is 0 Å². The Kier molecular flexibility index (Phi) is 6.96. The number of rotatable bonds is 7. The van der Waals surface area contributed by atoms with Crippen LogP contribution in [0.1, 0.15) is 41.0 Å². The van der Waals surface area contributed by atoms with Crippen LogP contribution in [0.25, 0.3) is 0 Å². The fourth-order valence-electron chi connectivity index (χ4n) is 3.35. The van der Waals surface area contributed by atoms with Crippen molar-refractivity contribution in [2.45, 2.75) is 46.1 Å². The van der Waals surface area contributed by atoms with Gasteiger partial charge in [0.2, 0.25) is 8.24 Å². The van der Waals surface area contributed by atoms with Crippen LogP contribution in [-0.2, 0) is 9.53 Å². The Morgan fingerprint density at radius 1 is 1.00 bits per heavy atom. The lowest BCUT2D eigenvalue weighted by atomic mass is 10.2. The van der Waals surface area contributed by atoms with Gasteiger partial charge >= 0.3 is 5.97 Å². The van der Waals surface area contributed by atoms with Crippen molar-refractivity contribution >= 4 is 30.3 Å². The summed E-state index contributed by atoms with van der Waals surface area (Å²) in [6.45, 7) is 10.8. The van der Waals surface area contributed by atoms with Crippen molar-refractivity contribution in [1.82, 2.24) is 5.09 Å². The van der Waals surface area contributed by atoms with Gasteiger partial charge in [0.15, 0.2) is 0 Å². The average molecular weight is 383 g/mol. The lowest BCUT2D eigenvalue weighted by Crippen LogP contribution is -2.72. The number of carbonyl (C=O) groups excluding carboxylic acids is 1. The third-order valence-electron chi connectivity index (χ3n) is 4.66. The van der Waals surface area contributed by atoms with Crippen LogP contribution in [0.3, 0.4) is 0 Å². The summed E-state index contributed by atoms with van der Waals surface area (Å²) in [7, 11) is -2.47. The van der Waals surface area contributed by atoms with Gasteiger partial charge in [0.05, 0.1) is 13.0 Å². The van der Waals surface area contributed by atoms with Crippen LogP contribution in [0, 0.1) is 0 Å². The molecular formula is C22H30N2O2Si. The molecule has 0 spiro atoms. The second-order valence-electron chi connectivity index (χ2n) is 7.67. The summed E-state index contributed by atoms with van der Waals surface area (Å²) in [5.41, 5.74) is 0.724. The highest BCUT2D eigenvalue weighted by molar-refractivity contribution is 7.02. The first-order valence-corrected chi connectivity index (χ1v) is 11.4. The molecule has 0 aromatic heterocycles. The Morgan fingerprint density at radius 3 is 1.89 bits per heavy atom. The number of esters is 1. The predicted octanol–water partition coefficient (Wildman–Crippen LogP) is 3.47. The van der Waals surface area contributed by atoms with Gasteiger partial charge in [0, 0.05) is 5.71 Å². The van der Waals surface area contributed by atoms with Crippen LogP contribution in [0.15, 0.2) is 65.8 Å². The molecule has 5 heteroatoms. The van der Waals surface area contributed by atoms with Gasteiger partial charge < -0.3 is 9.83 Å². The first-order valence-electron chi connectivity index (χ1n) is 9.38. The number of hydrogen-bond donors (Lipinski definition) is 1. The first kappa shape index (κ1) is 20.9. The molecule has 144 valence electrons. The molecule has 0 aliphatic heterocycles. The van der Waals surface area contributed by atoms with Crippen LogP contribution in [0.5, 0.6) is 0 Å². The Hall–Kier alpha value is -2.40. The molecule has 0 fully saturated rings. The molecule has 0 aliphatic carbocycles. The molecule has 4 nitrogen and oxygen atoms in total. The van der Waals surface area contributed by atoms with E-state index in [0.29, 0.717) is 6.61 Å². The van der Waals surface area contributed by atoms with Crippen LogP contribution in [0.4, 0.5) is 0 Å². The van der Waals surface area contributed by atoms with E-state index in [1.54, 1.807) is 0 Å². The van der Waals surface area contributed by atoms with Gasteiger partial charge in [-0.3, -0.25) is 4.79 Å². The summed E-state index contributed by atoms with van der Waals surface area (Å²) < 4.78 is 5.04. The van der Waals surface area contributed by atoms with Gasteiger partial charge in [-0.2, -0.15) is 5.10 Å². The Balaban J connectivity index is 2.51. The van der Waals surface area contributed by atoms with E-state index in [4.69, 9.17) is 4.74 Å². The standard InChI is InChI=1S/C22H30N2O2Si/c1-6-26-21(25)17-18(2)23-24-27(22(3,4)5,19-13-9-7-10-14-19)20-15-11-8-12-16-20/h7-16,24H,6,17H2,1-5H3/b23-18+. The van der Waals surface area contributed by atoms with Gasteiger partial charge in [-0.15, -0.1) is 0 Å². The number of ether oxygens (including phenoxy) is 1. The van der Waals surface area contributed by atoms with Gasteiger partial charge in [0.1, 0.15) is 0 Å². The normalized spacial score (nSPS) is 12.6. The van der Waals surface area contributed by atoms with Crippen LogP contribution < -0.4 is 15.5 Å². The molecule has 27 heavy (non-hydrogen) atoms. The Bertz CT molecular complexity index is 728. The maximum absolute atomic E-state index is 11.8. The lowest BCUT2D eigenvalue weighted by molar-refractivity contribution is -0.141. The summed E-state index contributed by atoms with van der Waals surface area (Å²) in [6, 6.07) is 21.1. The van der Waals surface area contributed by atoms with E-state index in [1.165, 1.54) is 10.4 Å². The third-order valence-corrected chi connectivity index (χ3v) is 9.75. The van der Waals surface area contributed by atoms with E-state index in [1.807, 2.05) is 26.0 Å². The molecule has 2 aromatic rings. The minimum Gasteiger partial charge on any atom is -0.466 e. The molecule has 0 heterocycles. The second kappa shape index (κ2) is 9.00. The van der Waals surface area contributed by atoms with Crippen molar-refractivity contribution < 1.29 is 9.53 Å². The number of hydrazone groups is 1. The average Bonchev–Trinajstić information content (AvgIpc) is 2.63. The molecular weight excluding hydrogens is 352 g/mol. The summed E-state index contributed by atoms with van der Waals surface area (Å²) in [5.74, 6) is -0.247. The van der Waals surface area contributed by atoms with Crippen molar-refractivity contribution in [3.63, 3.8) is 0 Å². The second-order valence-corrected chi connectivity index (χ2v) is 12.1. The van der Waals surface area contributed by atoms with E-state index in [9.17, 15) is 4.79 Å². The van der Waals surface area contributed by atoms with Gasteiger partial charge in [-0.25, -0.2) is 0 Å². The molecule has 2 aromatic carbocycles. The SMILES string of the molecule is CCOC(=O)C/C(C)=N/N[Si](c1ccccc1)(c1ccccc1)C(C)(C)C. The number of carbonyl (C=O) groups is 1. The van der Waals surface area contributed by atoms with Crippen molar-refractivity contribution in [1.29, 1.82) is 0 Å². The smallest absolute Gasteiger partial charge is 0.311 e. The molecule has 0 radical (unpaired) electrons. The topological polar surface area (TPSA) is 50.7 Å². The minimum atomic E-state index is -2.47. The zero-order valence-electron chi connectivity index (χ0n) is 17.0. The highest BCUT2D eigenvalue weighted by Crippen LogP contribution is 2.34. The van der Waals surface area contributed by atoms with Crippen molar-refractivity contribution in [2.75, 3.05) is 6.61 Å². The molecule has 0 unspecified atom stereocenters. The summed E-state index contributed by atoms with van der Waals surface area (Å²) in [4.78, 5) is 11.8. The number of nitrogens with one attached hydrogen (secondary N) is 1. The maximum Gasteiger partial charge on any atom is 0.311 e. The predicted molar refractivity (Wildman–Crippen MR) is 115 cm³/mol. The van der Waals surface area contributed by atoms with Gasteiger partial charge in [-0.1, -0.05) is 81.4 Å². The lowest BCUT2D eigenvalue weighted by Gasteiger charge is -2.43. The highest BCUT2D eigenvalue weighted by atomic mass is 28.3. The third kappa shape index (κ3) is 4.86. The molecule has 0 saturated heterocycles. The summed E-state index contributed by atoms with van der Waals surface area (Å²) >= 11 is 0. The quantitative estimate of drug-likeness (QED) is 0.345. The number of hydrogen-bond acceptors (Lipinski definition) is 4. The zero-order chi connectivity index (χ0) is 19.9. The van der Waals surface area contributed by atoms with Gasteiger partial charge in [-0.05, 0) is 29.3 Å². The molecule has 0 saturated carbocycles. The number of benzene rings is 2. The minimum absolute atomic E-state index is 0.0522. The van der Waals surface area contributed by atoms with E-state index in [0.717, 1.165) is 5.71 Å². The summed E-state index contributed by atoms with van der Waals surface area (Å²) in [5, 5.41) is 10.7. The molecule has 2 rings (SSSR count). The van der Waals surface area contributed by atoms with Crippen LogP contribution in [-0.4, -0.2) is 26.5 Å². The molecule has 0 aliphatic rings. The summed E-state index contributed by atoms with van der Waals surface area (Å²) in [6.07, 6.45) is 0.193. The van der Waals surface area contributed by atoms with Crippen molar-refractivity contribution in [2.24, 2.45) is 5.10 Å². The van der Waals surface area contributed by atoms with E-state index < -0.39 is 8.24 Å². The highest BCUT2D eigenvalue weighted by Gasteiger charge is 2.48. The van der Waals surface area contributed by atoms with Crippen LogP contribution in [0.2, 0.25) is 5.04 Å². The van der Waals surface area contributed by atoms with E-state index >= 15 is 0 Å². The van der Waals surface area contributed by atoms with Crippen LogP contribution >= 0.6 is 0 Å². The van der Waals surface area contributed by atoms with Crippen molar-refractivity contribution in [3.8, 4) is 0 Å². The first-order chi connectivity index (χ1) is 12.8. The molecule has 0 bridgehead atoms. The zero-order valence-corrected chi connectivity index (χ0v) is 18.0. The fraction of sp³-hybridized carbons (Fsp3) is 0.364.